The molecule has 8 heteroatoms. The largest absolute Gasteiger partial charge is 0.307 e. The lowest BCUT2D eigenvalue weighted by Gasteiger charge is -2.17. The molecule has 4 aromatic heterocycles. The van der Waals surface area contributed by atoms with Crippen LogP contribution in [0.1, 0.15) is 38.6 Å². The monoisotopic (exact) mass is 406 g/mol. The molecule has 0 bridgehead atoms. The van der Waals surface area contributed by atoms with Gasteiger partial charge >= 0.3 is 0 Å². The number of fused-ring (bicyclic) bond motifs is 1. The molecule has 4 heterocycles. The van der Waals surface area contributed by atoms with E-state index in [2.05, 4.69) is 41.9 Å². The van der Waals surface area contributed by atoms with Gasteiger partial charge in [0.15, 0.2) is 0 Å². The lowest BCUT2D eigenvalue weighted by Crippen LogP contribution is -2.15. The normalized spacial score (nSPS) is 11.9. The van der Waals surface area contributed by atoms with Crippen LogP contribution >= 0.6 is 0 Å². The SMILES string of the molecule is CC(C)(C)Cn1cc(-c2ccc(C#N)nc2-c2ccn3cc(C(F)F)nc3c2)cn1. The van der Waals surface area contributed by atoms with Crippen molar-refractivity contribution < 1.29 is 8.78 Å². The summed E-state index contributed by atoms with van der Waals surface area (Å²) in [6, 6.07) is 9.01. The summed E-state index contributed by atoms with van der Waals surface area (Å²) in [5.74, 6) is 0. The first kappa shape index (κ1) is 19.7. The van der Waals surface area contributed by atoms with Crippen molar-refractivity contribution in [1.82, 2.24) is 24.1 Å². The Labute approximate surface area is 172 Å². The van der Waals surface area contributed by atoms with Gasteiger partial charge in [-0.2, -0.15) is 10.4 Å². The quantitative estimate of drug-likeness (QED) is 0.472. The maximum absolute atomic E-state index is 13.0. The van der Waals surface area contributed by atoms with Gasteiger partial charge in [0.2, 0.25) is 0 Å². The molecule has 152 valence electrons. The number of hydrogen-bond acceptors (Lipinski definition) is 4. The van der Waals surface area contributed by atoms with E-state index >= 15 is 0 Å². The van der Waals surface area contributed by atoms with Crippen LogP contribution in [0.4, 0.5) is 8.78 Å². The van der Waals surface area contributed by atoms with Gasteiger partial charge in [0.1, 0.15) is 23.1 Å². The number of rotatable bonds is 4. The predicted molar refractivity (Wildman–Crippen MR) is 109 cm³/mol. The summed E-state index contributed by atoms with van der Waals surface area (Å²) < 4.78 is 29.4. The first-order valence-electron chi connectivity index (χ1n) is 9.45. The summed E-state index contributed by atoms with van der Waals surface area (Å²) in [7, 11) is 0. The lowest BCUT2D eigenvalue weighted by molar-refractivity contribution is 0.147. The van der Waals surface area contributed by atoms with Gasteiger partial charge in [0.25, 0.3) is 6.43 Å². The van der Waals surface area contributed by atoms with Crippen LogP contribution in [-0.2, 0) is 6.54 Å². The summed E-state index contributed by atoms with van der Waals surface area (Å²) in [4.78, 5) is 8.48. The number of imidazole rings is 1. The summed E-state index contributed by atoms with van der Waals surface area (Å²) in [5, 5.41) is 13.8. The Morgan fingerprint density at radius 3 is 2.60 bits per heavy atom. The highest BCUT2D eigenvalue weighted by Crippen LogP contribution is 2.32. The van der Waals surface area contributed by atoms with Gasteiger partial charge in [-0.05, 0) is 29.7 Å². The van der Waals surface area contributed by atoms with Crippen LogP contribution in [0.2, 0.25) is 0 Å². The van der Waals surface area contributed by atoms with Gasteiger partial charge in [0, 0.05) is 41.8 Å². The molecule has 0 aliphatic rings. The van der Waals surface area contributed by atoms with E-state index in [1.807, 2.05) is 16.9 Å². The van der Waals surface area contributed by atoms with Crippen LogP contribution in [0.5, 0.6) is 0 Å². The minimum Gasteiger partial charge on any atom is -0.307 e. The summed E-state index contributed by atoms with van der Waals surface area (Å²) in [6.45, 7) is 7.16. The third kappa shape index (κ3) is 3.92. The van der Waals surface area contributed by atoms with E-state index in [-0.39, 0.29) is 16.8 Å². The number of halogens is 2. The zero-order valence-corrected chi connectivity index (χ0v) is 16.8. The van der Waals surface area contributed by atoms with Gasteiger partial charge in [-0.3, -0.25) is 4.68 Å². The van der Waals surface area contributed by atoms with Crippen LogP contribution in [0.15, 0.2) is 49.1 Å². The second kappa shape index (κ2) is 7.34. The Bertz CT molecular complexity index is 1260. The van der Waals surface area contributed by atoms with E-state index in [1.54, 1.807) is 35.0 Å². The molecule has 30 heavy (non-hydrogen) atoms. The van der Waals surface area contributed by atoms with Gasteiger partial charge in [0.05, 0.1) is 11.9 Å². The number of nitriles is 1. The number of hydrogen-bond donors (Lipinski definition) is 0. The lowest BCUT2D eigenvalue weighted by atomic mass is 9.97. The zero-order chi connectivity index (χ0) is 21.5. The average Bonchev–Trinajstić information content (AvgIpc) is 3.32. The van der Waals surface area contributed by atoms with Crippen LogP contribution < -0.4 is 0 Å². The Morgan fingerprint density at radius 1 is 1.10 bits per heavy atom. The number of alkyl halides is 2. The zero-order valence-electron chi connectivity index (χ0n) is 16.8. The highest BCUT2D eigenvalue weighted by molar-refractivity contribution is 5.81. The van der Waals surface area contributed by atoms with Crippen LogP contribution in [0.3, 0.4) is 0 Å². The van der Waals surface area contributed by atoms with E-state index < -0.39 is 6.43 Å². The Kier molecular flexibility index (Phi) is 4.82. The molecule has 0 amide bonds. The number of aromatic nitrogens is 5. The third-order valence-corrected chi connectivity index (χ3v) is 4.57. The van der Waals surface area contributed by atoms with Crippen molar-refractivity contribution in [3.63, 3.8) is 0 Å². The van der Waals surface area contributed by atoms with E-state index in [0.717, 1.165) is 17.7 Å². The fourth-order valence-corrected chi connectivity index (χ4v) is 3.30. The van der Waals surface area contributed by atoms with Crippen LogP contribution in [0, 0.1) is 16.7 Å². The summed E-state index contributed by atoms with van der Waals surface area (Å²) in [6.07, 6.45) is 4.04. The molecule has 0 aliphatic heterocycles. The Morgan fingerprint density at radius 2 is 1.90 bits per heavy atom. The second-order valence-electron chi connectivity index (χ2n) is 8.34. The molecule has 0 saturated heterocycles. The van der Waals surface area contributed by atoms with Gasteiger partial charge < -0.3 is 4.40 Å². The minimum absolute atomic E-state index is 0.0726. The van der Waals surface area contributed by atoms with Crippen molar-refractivity contribution in [2.24, 2.45) is 5.41 Å². The molecule has 6 nitrogen and oxygen atoms in total. The van der Waals surface area contributed by atoms with Crippen molar-refractivity contribution in [2.75, 3.05) is 0 Å². The number of nitrogens with zero attached hydrogens (tertiary/aromatic N) is 6. The number of pyridine rings is 2. The molecule has 0 radical (unpaired) electrons. The van der Waals surface area contributed by atoms with Crippen molar-refractivity contribution in [3.8, 4) is 28.5 Å². The van der Waals surface area contributed by atoms with Crippen molar-refractivity contribution in [1.29, 1.82) is 5.26 Å². The molecule has 0 N–H and O–H groups in total. The second-order valence-corrected chi connectivity index (χ2v) is 8.34. The molecule has 4 rings (SSSR count). The van der Waals surface area contributed by atoms with Crippen molar-refractivity contribution >= 4 is 5.65 Å². The molecule has 0 aliphatic carbocycles. The molecule has 0 saturated carbocycles. The smallest absolute Gasteiger partial charge is 0.281 e. The Hall–Kier alpha value is -3.60. The van der Waals surface area contributed by atoms with Gasteiger partial charge in [-0.15, -0.1) is 0 Å². The highest BCUT2D eigenvalue weighted by atomic mass is 19.3. The first-order valence-corrected chi connectivity index (χ1v) is 9.45. The van der Waals surface area contributed by atoms with Crippen LogP contribution in [-0.4, -0.2) is 24.1 Å². The minimum atomic E-state index is -2.64. The molecular weight excluding hydrogens is 386 g/mol. The first-order chi connectivity index (χ1) is 14.2. The molecule has 0 unspecified atom stereocenters. The maximum Gasteiger partial charge on any atom is 0.281 e. The predicted octanol–water partition coefficient (Wildman–Crippen LogP) is 5.12. The van der Waals surface area contributed by atoms with E-state index in [0.29, 0.717) is 16.9 Å². The standard InChI is InChI=1S/C22H20F2N6/c1-22(2,3)13-30-11-15(10-26-30)17-5-4-16(9-25)27-20(17)14-6-7-29-12-18(21(23)24)28-19(29)8-14/h4-8,10-12,21H,13H2,1-3H3. The van der Waals surface area contributed by atoms with E-state index in [1.165, 1.54) is 6.20 Å². The fraction of sp³-hybridized carbons (Fsp3) is 0.273. The summed E-state index contributed by atoms with van der Waals surface area (Å²) in [5.41, 5.74) is 3.38. The average molecular weight is 406 g/mol. The highest BCUT2D eigenvalue weighted by Gasteiger charge is 2.17. The molecule has 0 atom stereocenters. The topological polar surface area (TPSA) is 71.8 Å². The van der Waals surface area contributed by atoms with Crippen molar-refractivity contribution in [3.05, 3.63) is 60.4 Å². The maximum atomic E-state index is 13.0. The van der Waals surface area contributed by atoms with Crippen molar-refractivity contribution in [2.45, 2.75) is 33.7 Å². The molecule has 0 spiro atoms. The fourth-order valence-electron chi connectivity index (χ4n) is 3.30. The molecule has 0 aromatic carbocycles. The molecule has 4 aromatic rings. The molecular formula is C22H20F2N6. The summed E-state index contributed by atoms with van der Waals surface area (Å²) >= 11 is 0. The van der Waals surface area contributed by atoms with E-state index in [9.17, 15) is 14.0 Å². The molecule has 0 fully saturated rings. The third-order valence-electron chi connectivity index (χ3n) is 4.57. The Balaban J connectivity index is 1.82. The van der Waals surface area contributed by atoms with Crippen LogP contribution in [0.25, 0.3) is 28.0 Å². The van der Waals surface area contributed by atoms with Gasteiger partial charge in [-0.1, -0.05) is 20.8 Å². The van der Waals surface area contributed by atoms with Gasteiger partial charge in [-0.25, -0.2) is 18.7 Å². The van der Waals surface area contributed by atoms with E-state index in [4.69, 9.17) is 0 Å².